The van der Waals surface area contributed by atoms with Gasteiger partial charge in [0.1, 0.15) is 0 Å². The lowest BCUT2D eigenvalue weighted by Crippen LogP contribution is -1.98. The molecule has 0 heterocycles. The molecule has 3 heteroatoms. The second-order valence-electron chi connectivity index (χ2n) is 2.46. The van der Waals surface area contributed by atoms with Crippen molar-refractivity contribution in [2.75, 3.05) is 6.26 Å². The molecule has 0 aromatic heterocycles. The van der Waals surface area contributed by atoms with Crippen molar-refractivity contribution in [3.63, 3.8) is 0 Å². The van der Waals surface area contributed by atoms with Crippen molar-refractivity contribution in [2.45, 2.75) is 11.8 Å². The van der Waals surface area contributed by atoms with Gasteiger partial charge in [0.25, 0.3) is 0 Å². The molecule has 0 aliphatic carbocycles. The van der Waals surface area contributed by atoms with Crippen LogP contribution in [0.1, 0.15) is 5.56 Å². The lowest BCUT2D eigenvalue weighted by molar-refractivity contribution is 0.601. The zero-order valence-corrected chi connectivity index (χ0v) is 7.27. The number of hydrogen-bond acceptors (Lipinski definition) is 2. The molecule has 1 aromatic rings. The van der Waals surface area contributed by atoms with Crippen LogP contribution in [0.3, 0.4) is 0 Å². The average Bonchev–Trinajstić information content (AvgIpc) is 1.86. The molecule has 0 bridgehead atoms. The molecule has 0 N–H and O–H groups in total. The Balaban J connectivity index is 3.37. The standard InChI is InChI=1S/C8H9O2S/c1-7-5-3-4-6-8(7)11(2,9)10/h4-6H,1-2H3. The molecule has 59 valence electrons. The van der Waals surface area contributed by atoms with E-state index >= 15 is 0 Å². The van der Waals surface area contributed by atoms with Crippen molar-refractivity contribution < 1.29 is 8.42 Å². The van der Waals surface area contributed by atoms with Crippen LogP contribution in [0, 0.1) is 13.0 Å². The van der Waals surface area contributed by atoms with Gasteiger partial charge in [-0.15, -0.1) is 0 Å². The molecule has 1 radical (unpaired) electrons. The third kappa shape index (κ3) is 1.80. The van der Waals surface area contributed by atoms with E-state index in [-0.39, 0.29) is 0 Å². The molecule has 0 aliphatic rings. The summed E-state index contributed by atoms with van der Waals surface area (Å²) in [7, 11) is -3.05. The molecule has 1 rings (SSSR count). The number of benzene rings is 1. The van der Waals surface area contributed by atoms with Crippen LogP contribution < -0.4 is 0 Å². The predicted octanol–water partition coefficient (Wildman–Crippen LogP) is 1.20. The van der Waals surface area contributed by atoms with Crippen LogP contribution in [0.15, 0.2) is 23.1 Å². The van der Waals surface area contributed by atoms with Gasteiger partial charge >= 0.3 is 0 Å². The predicted molar refractivity (Wildman–Crippen MR) is 43.1 cm³/mol. The molecule has 0 spiro atoms. The van der Waals surface area contributed by atoms with Crippen molar-refractivity contribution in [3.8, 4) is 0 Å². The molecule has 0 amide bonds. The van der Waals surface area contributed by atoms with Gasteiger partial charge < -0.3 is 0 Å². The molecule has 11 heavy (non-hydrogen) atoms. The maximum Gasteiger partial charge on any atom is 0.175 e. The van der Waals surface area contributed by atoms with Crippen LogP contribution in [0.2, 0.25) is 0 Å². The van der Waals surface area contributed by atoms with Crippen LogP contribution in [-0.4, -0.2) is 14.7 Å². The Morgan fingerprint density at radius 1 is 1.45 bits per heavy atom. The molecule has 0 saturated heterocycles. The van der Waals surface area contributed by atoms with E-state index in [0.717, 1.165) is 5.56 Å². The first-order chi connectivity index (χ1) is 5.02. The number of aryl methyl sites for hydroxylation is 1. The SMILES string of the molecule is Cc1c[c]ccc1S(C)(=O)=O. The molecular formula is C8H9O2S. The van der Waals surface area contributed by atoms with Gasteiger partial charge in [-0.2, -0.15) is 0 Å². The van der Waals surface area contributed by atoms with E-state index in [1.54, 1.807) is 25.1 Å². The first kappa shape index (κ1) is 8.27. The van der Waals surface area contributed by atoms with Crippen molar-refractivity contribution in [1.29, 1.82) is 0 Å². The zero-order chi connectivity index (χ0) is 8.48. The topological polar surface area (TPSA) is 34.1 Å². The largest absolute Gasteiger partial charge is 0.224 e. The fourth-order valence-corrected chi connectivity index (χ4v) is 1.87. The molecule has 0 saturated carbocycles. The smallest absolute Gasteiger partial charge is 0.175 e. The van der Waals surface area contributed by atoms with Gasteiger partial charge in [-0.1, -0.05) is 12.1 Å². The van der Waals surface area contributed by atoms with Crippen LogP contribution in [0.5, 0.6) is 0 Å². The van der Waals surface area contributed by atoms with E-state index < -0.39 is 9.84 Å². The summed E-state index contributed by atoms with van der Waals surface area (Å²) in [6.45, 7) is 1.76. The lowest BCUT2D eigenvalue weighted by atomic mass is 10.2. The first-order valence-corrected chi connectivity index (χ1v) is 5.08. The Kier molecular flexibility index (Phi) is 2.00. The summed E-state index contributed by atoms with van der Waals surface area (Å²) in [5.74, 6) is 0. The van der Waals surface area contributed by atoms with Crippen molar-refractivity contribution in [3.05, 3.63) is 29.8 Å². The Morgan fingerprint density at radius 2 is 2.09 bits per heavy atom. The van der Waals surface area contributed by atoms with Gasteiger partial charge in [-0.05, 0) is 24.6 Å². The normalized spacial score (nSPS) is 11.5. The van der Waals surface area contributed by atoms with Crippen molar-refractivity contribution >= 4 is 9.84 Å². The maximum atomic E-state index is 11.0. The number of sulfone groups is 1. The summed E-state index contributed by atoms with van der Waals surface area (Å²) in [6.07, 6.45) is 1.20. The molecule has 0 atom stereocenters. The minimum Gasteiger partial charge on any atom is -0.224 e. The second kappa shape index (κ2) is 2.66. The van der Waals surface area contributed by atoms with Gasteiger partial charge in [-0.25, -0.2) is 8.42 Å². The average molecular weight is 169 g/mol. The highest BCUT2D eigenvalue weighted by Crippen LogP contribution is 2.12. The summed E-state index contributed by atoms with van der Waals surface area (Å²) in [6, 6.07) is 7.63. The van der Waals surface area contributed by atoms with Gasteiger partial charge in [-0.3, -0.25) is 0 Å². The highest BCUT2D eigenvalue weighted by Gasteiger charge is 2.08. The van der Waals surface area contributed by atoms with E-state index in [0.29, 0.717) is 4.90 Å². The quantitative estimate of drug-likeness (QED) is 0.633. The van der Waals surface area contributed by atoms with Gasteiger partial charge in [0.05, 0.1) is 4.90 Å². The zero-order valence-electron chi connectivity index (χ0n) is 6.46. The highest BCUT2D eigenvalue weighted by atomic mass is 32.2. The van der Waals surface area contributed by atoms with E-state index in [1.165, 1.54) is 6.26 Å². The Morgan fingerprint density at radius 3 is 2.45 bits per heavy atom. The van der Waals surface area contributed by atoms with Crippen molar-refractivity contribution in [2.24, 2.45) is 0 Å². The Labute approximate surface area is 66.8 Å². The molecule has 0 aliphatic heterocycles. The molecule has 0 fully saturated rings. The lowest BCUT2D eigenvalue weighted by Gasteiger charge is -2.00. The fraction of sp³-hybridized carbons (Fsp3) is 0.250. The third-order valence-corrected chi connectivity index (χ3v) is 2.68. The Bertz CT molecular complexity index is 352. The molecule has 2 nitrogen and oxygen atoms in total. The number of rotatable bonds is 1. The van der Waals surface area contributed by atoms with Crippen LogP contribution in [0.25, 0.3) is 0 Å². The molecular weight excluding hydrogens is 160 g/mol. The minimum atomic E-state index is -3.05. The Hall–Kier alpha value is -0.830. The van der Waals surface area contributed by atoms with E-state index in [2.05, 4.69) is 6.07 Å². The van der Waals surface area contributed by atoms with E-state index in [4.69, 9.17) is 0 Å². The highest BCUT2D eigenvalue weighted by molar-refractivity contribution is 7.90. The van der Waals surface area contributed by atoms with Gasteiger partial charge in [0.2, 0.25) is 0 Å². The summed E-state index contributed by atoms with van der Waals surface area (Å²) in [4.78, 5) is 0.385. The van der Waals surface area contributed by atoms with Gasteiger partial charge in [0.15, 0.2) is 9.84 Å². The van der Waals surface area contributed by atoms with Crippen LogP contribution in [0.4, 0.5) is 0 Å². The monoisotopic (exact) mass is 169 g/mol. The summed E-state index contributed by atoms with van der Waals surface area (Å²) in [5.41, 5.74) is 0.745. The summed E-state index contributed by atoms with van der Waals surface area (Å²) in [5, 5.41) is 0. The van der Waals surface area contributed by atoms with E-state index in [1.807, 2.05) is 0 Å². The molecule has 1 aromatic carbocycles. The van der Waals surface area contributed by atoms with Crippen LogP contribution in [-0.2, 0) is 9.84 Å². The van der Waals surface area contributed by atoms with Crippen molar-refractivity contribution in [1.82, 2.24) is 0 Å². The van der Waals surface area contributed by atoms with Gasteiger partial charge in [0, 0.05) is 6.26 Å². The first-order valence-electron chi connectivity index (χ1n) is 3.18. The summed E-state index contributed by atoms with van der Waals surface area (Å²) >= 11 is 0. The minimum absolute atomic E-state index is 0.385. The van der Waals surface area contributed by atoms with Crippen LogP contribution >= 0.6 is 0 Å². The fourth-order valence-electron chi connectivity index (χ4n) is 0.916. The molecule has 0 unspecified atom stereocenters. The third-order valence-electron chi connectivity index (χ3n) is 1.42. The summed E-state index contributed by atoms with van der Waals surface area (Å²) < 4.78 is 22.1. The number of hydrogen-bond donors (Lipinski definition) is 0. The second-order valence-corrected chi connectivity index (χ2v) is 4.45. The maximum absolute atomic E-state index is 11.0. The van der Waals surface area contributed by atoms with E-state index in [9.17, 15) is 8.42 Å².